The molecule has 0 aromatic heterocycles. The number of nitrogens with one attached hydrogen (secondary N) is 2. The zero-order chi connectivity index (χ0) is 16.3. The summed E-state index contributed by atoms with van der Waals surface area (Å²) < 4.78 is 24.9. The van der Waals surface area contributed by atoms with Gasteiger partial charge in [-0.05, 0) is 23.6 Å². The van der Waals surface area contributed by atoms with Gasteiger partial charge in [0.15, 0.2) is 0 Å². The third kappa shape index (κ3) is 3.23. The second-order valence-electron chi connectivity index (χ2n) is 4.90. The van der Waals surface area contributed by atoms with Crippen molar-refractivity contribution in [1.82, 2.24) is 10.3 Å². The van der Waals surface area contributed by atoms with E-state index in [-0.39, 0.29) is 4.90 Å². The first-order valence-electron chi connectivity index (χ1n) is 6.93. The lowest BCUT2D eigenvalue weighted by molar-refractivity contribution is 0.0945. The van der Waals surface area contributed by atoms with Gasteiger partial charge in [0.1, 0.15) is 0 Å². The van der Waals surface area contributed by atoms with E-state index in [2.05, 4.69) is 10.3 Å². The number of benzene rings is 3. The molecule has 2 N–H and O–H groups in total. The quantitative estimate of drug-likeness (QED) is 0.723. The highest BCUT2D eigenvalue weighted by molar-refractivity contribution is 7.89. The van der Waals surface area contributed by atoms with Crippen LogP contribution in [-0.4, -0.2) is 14.3 Å². The lowest BCUT2D eigenvalue weighted by atomic mass is 10.1. The fourth-order valence-corrected chi connectivity index (χ4v) is 3.33. The van der Waals surface area contributed by atoms with Gasteiger partial charge in [-0.1, -0.05) is 54.6 Å². The first-order chi connectivity index (χ1) is 11.1. The van der Waals surface area contributed by atoms with Crippen LogP contribution in [-0.2, 0) is 10.0 Å². The molecular formula is C17H14N2O3S. The van der Waals surface area contributed by atoms with Crippen molar-refractivity contribution in [2.24, 2.45) is 0 Å². The highest BCUT2D eigenvalue weighted by atomic mass is 32.2. The van der Waals surface area contributed by atoms with Gasteiger partial charge in [-0.15, -0.1) is 4.83 Å². The molecule has 3 rings (SSSR count). The Kier molecular flexibility index (Phi) is 4.10. The van der Waals surface area contributed by atoms with Gasteiger partial charge in [0.25, 0.3) is 15.9 Å². The number of hydrogen-bond acceptors (Lipinski definition) is 3. The van der Waals surface area contributed by atoms with Crippen LogP contribution < -0.4 is 10.3 Å². The maximum absolute atomic E-state index is 12.5. The molecule has 0 saturated heterocycles. The molecule has 116 valence electrons. The fraction of sp³-hybridized carbons (Fsp3) is 0. The Morgan fingerprint density at radius 3 is 2.22 bits per heavy atom. The fourth-order valence-electron chi connectivity index (χ4n) is 2.26. The number of rotatable bonds is 4. The van der Waals surface area contributed by atoms with Crippen LogP contribution in [0.3, 0.4) is 0 Å². The zero-order valence-corrected chi connectivity index (χ0v) is 12.9. The van der Waals surface area contributed by atoms with E-state index in [4.69, 9.17) is 0 Å². The van der Waals surface area contributed by atoms with Crippen molar-refractivity contribution in [2.75, 3.05) is 0 Å². The minimum Gasteiger partial charge on any atom is -0.273 e. The van der Waals surface area contributed by atoms with Crippen molar-refractivity contribution >= 4 is 26.7 Å². The Bertz CT molecular complexity index is 948. The number of fused-ring (bicyclic) bond motifs is 1. The molecule has 0 unspecified atom stereocenters. The number of hydrazine groups is 1. The van der Waals surface area contributed by atoms with E-state index in [1.807, 2.05) is 18.2 Å². The van der Waals surface area contributed by atoms with E-state index in [9.17, 15) is 13.2 Å². The molecule has 1 amide bonds. The number of carbonyl (C=O) groups is 1. The molecule has 3 aromatic carbocycles. The van der Waals surface area contributed by atoms with Gasteiger partial charge in [-0.25, -0.2) is 8.42 Å². The molecule has 0 atom stereocenters. The third-order valence-corrected chi connectivity index (χ3v) is 4.68. The molecule has 5 nitrogen and oxygen atoms in total. The summed E-state index contributed by atoms with van der Waals surface area (Å²) in [7, 11) is -3.87. The van der Waals surface area contributed by atoms with Gasteiger partial charge in [0, 0.05) is 10.9 Å². The second kappa shape index (κ2) is 6.20. The van der Waals surface area contributed by atoms with Crippen LogP contribution in [0, 0.1) is 0 Å². The Labute approximate surface area is 134 Å². The van der Waals surface area contributed by atoms with Crippen LogP contribution in [0.5, 0.6) is 0 Å². The highest BCUT2D eigenvalue weighted by Gasteiger charge is 2.18. The third-order valence-electron chi connectivity index (χ3n) is 3.37. The van der Waals surface area contributed by atoms with Gasteiger partial charge in [0.05, 0.1) is 4.90 Å². The smallest absolute Gasteiger partial charge is 0.266 e. The molecule has 0 heterocycles. The maximum atomic E-state index is 12.5. The summed E-state index contributed by atoms with van der Waals surface area (Å²) in [5.74, 6) is -0.519. The SMILES string of the molecule is O=C(NNS(=O)(=O)c1cccc2ccccc12)c1ccccc1. The molecule has 0 aliphatic carbocycles. The average molecular weight is 326 g/mol. The van der Waals surface area contributed by atoms with E-state index >= 15 is 0 Å². The standard InChI is InChI=1S/C17H14N2O3S/c20-17(14-8-2-1-3-9-14)18-19-23(21,22)16-12-6-10-13-7-4-5-11-15(13)16/h1-12,19H,(H,18,20). The van der Waals surface area contributed by atoms with Crippen molar-refractivity contribution in [1.29, 1.82) is 0 Å². The molecule has 0 spiro atoms. The molecule has 0 aliphatic heterocycles. The van der Waals surface area contributed by atoms with Gasteiger partial charge >= 0.3 is 0 Å². The van der Waals surface area contributed by atoms with Gasteiger partial charge in [0.2, 0.25) is 0 Å². The number of amides is 1. The van der Waals surface area contributed by atoms with Crippen molar-refractivity contribution < 1.29 is 13.2 Å². The lowest BCUT2D eigenvalue weighted by Crippen LogP contribution is -2.41. The van der Waals surface area contributed by atoms with Crippen molar-refractivity contribution in [3.05, 3.63) is 78.4 Å². The van der Waals surface area contributed by atoms with Crippen LogP contribution in [0.15, 0.2) is 77.7 Å². The van der Waals surface area contributed by atoms with Crippen LogP contribution in [0.1, 0.15) is 10.4 Å². The zero-order valence-electron chi connectivity index (χ0n) is 12.1. The number of hydrogen-bond donors (Lipinski definition) is 2. The molecule has 0 radical (unpaired) electrons. The summed E-state index contributed by atoms with van der Waals surface area (Å²) in [6.45, 7) is 0. The molecular weight excluding hydrogens is 312 g/mol. The largest absolute Gasteiger partial charge is 0.273 e. The second-order valence-corrected chi connectivity index (χ2v) is 6.55. The predicted molar refractivity (Wildman–Crippen MR) is 88.2 cm³/mol. The molecule has 0 saturated carbocycles. The molecule has 0 fully saturated rings. The molecule has 3 aromatic rings. The van der Waals surface area contributed by atoms with E-state index < -0.39 is 15.9 Å². The van der Waals surface area contributed by atoms with Crippen molar-refractivity contribution in [3.63, 3.8) is 0 Å². The van der Waals surface area contributed by atoms with E-state index in [1.54, 1.807) is 48.5 Å². The number of carbonyl (C=O) groups excluding carboxylic acids is 1. The summed E-state index contributed by atoms with van der Waals surface area (Å²) in [6, 6.07) is 20.5. The monoisotopic (exact) mass is 326 g/mol. The minimum atomic E-state index is -3.87. The van der Waals surface area contributed by atoms with Crippen molar-refractivity contribution in [3.8, 4) is 0 Å². The summed E-state index contributed by atoms with van der Waals surface area (Å²) >= 11 is 0. The van der Waals surface area contributed by atoms with E-state index in [0.717, 1.165) is 5.39 Å². The average Bonchev–Trinajstić information content (AvgIpc) is 2.60. The lowest BCUT2D eigenvalue weighted by Gasteiger charge is -2.10. The summed E-state index contributed by atoms with van der Waals surface area (Å²) in [5, 5.41) is 1.40. The van der Waals surface area contributed by atoms with Gasteiger partial charge in [-0.3, -0.25) is 10.2 Å². The predicted octanol–water partition coefficient (Wildman–Crippen LogP) is 2.46. The Balaban J connectivity index is 1.86. The highest BCUT2D eigenvalue weighted by Crippen LogP contribution is 2.22. The summed E-state index contributed by atoms with van der Waals surface area (Å²) in [4.78, 5) is 14.2. The summed E-state index contributed by atoms with van der Waals surface area (Å²) in [6.07, 6.45) is 0. The Hall–Kier alpha value is -2.70. The molecule has 0 bridgehead atoms. The first-order valence-corrected chi connectivity index (χ1v) is 8.41. The Morgan fingerprint density at radius 2 is 1.43 bits per heavy atom. The van der Waals surface area contributed by atoms with Crippen LogP contribution >= 0.6 is 0 Å². The molecule has 6 heteroatoms. The van der Waals surface area contributed by atoms with Gasteiger partial charge in [-0.2, -0.15) is 0 Å². The molecule has 23 heavy (non-hydrogen) atoms. The van der Waals surface area contributed by atoms with E-state index in [0.29, 0.717) is 10.9 Å². The topological polar surface area (TPSA) is 75.3 Å². The van der Waals surface area contributed by atoms with E-state index in [1.165, 1.54) is 6.07 Å². The molecule has 0 aliphatic rings. The normalized spacial score (nSPS) is 11.3. The Morgan fingerprint density at radius 1 is 0.783 bits per heavy atom. The maximum Gasteiger partial charge on any atom is 0.266 e. The van der Waals surface area contributed by atoms with Crippen LogP contribution in [0.2, 0.25) is 0 Å². The number of sulfonamides is 1. The summed E-state index contributed by atoms with van der Waals surface area (Å²) in [5.41, 5.74) is 2.59. The van der Waals surface area contributed by atoms with Crippen LogP contribution in [0.25, 0.3) is 10.8 Å². The van der Waals surface area contributed by atoms with Crippen molar-refractivity contribution in [2.45, 2.75) is 4.90 Å². The van der Waals surface area contributed by atoms with Gasteiger partial charge < -0.3 is 0 Å². The van der Waals surface area contributed by atoms with Crippen LogP contribution in [0.4, 0.5) is 0 Å². The first kappa shape index (κ1) is 15.2. The minimum absolute atomic E-state index is 0.115.